The third-order valence-corrected chi connectivity index (χ3v) is 6.73. The Balaban J connectivity index is 1.58. The van der Waals surface area contributed by atoms with Crippen molar-refractivity contribution in [2.45, 2.75) is 16.9 Å². The van der Waals surface area contributed by atoms with Crippen molar-refractivity contribution in [2.75, 3.05) is 23.8 Å². The number of amides is 3. The van der Waals surface area contributed by atoms with Crippen molar-refractivity contribution in [1.82, 2.24) is 9.88 Å². The Morgan fingerprint density at radius 1 is 1.06 bits per heavy atom. The number of alkyl halides is 3. The van der Waals surface area contributed by atoms with Gasteiger partial charge in [0.1, 0.15) is 6.54 Å². The van der Waals surface area contributed by atoms with Gasteiger partial charge in [0, 0.05) is 30.9 Å². The standard InChI is InChI=1S/C21H17F3N4O4S/c1-25-14-2-7-17-13(8-9-26-18(17)10-14)11-27-12-19(29)28(20(27)30)15-3-5-16(6-4-15)33(31,32)21(22,23)24/h2-10,25H,11-12H2,1H3. The van der Waals surface area contributed by atoms with Crippen LogP contribution in [0.4, 0.5) is 29.3 Å². The fraction of sp³-hybridized carbons (Fsp3) is 0.190. The third-order valence-electron chi connectivity index (χ3n) is 5.23. The minimum absolute atomic E-state index is 0.0214. The molecule has 0 atom stereocenters. The molecule has 0 aliphatic carbocycles. The van der Waals surface area contributed by atoms with Gasteiger partial charge in [-0.15, -0.1) is 0 Å². The number of nitrogens with zero attached hydrogens (tertiary/aromatic N) is 3. The van der Waals surface area contributed by atoms with Gasteiger partial charge < -0.3 is 10.2 Å². The van der Waals surface area contributed by atoms with Crippen LogP contribution in [0.25, 0.3) is 10.9 Å². The first kappa shape index (κ1) is 22.5. The molecular weight excluding hydrogens is 461 g/mol. The van der Waals surface area contributed by atoms with Gasteiger partial charge in [0.05, 0.1) is 16.1 Å². The van der Waals surface area contributed by atoms with E-state index in [0.717, 1.165) is 45.8 Å². The molecule has 172 valence electrons. The van der Waals surface area contributed by atoms with E-state index in [9.17, 15) is 31.2 Å². The second-order valence-electron chi connectivity index (χ2n) is 7.26. The Labute approximate surface area is 186 Å². The Hall–Kier alpha value is -3.67. The molecule has 8 nitrogen and oxygen atoms in total. The largest absolute Gasteiger partial charge is 0.501 e. The lowest BCUT2D eigenvalue weighted by Crippen LogP contribution is -2.33. The summed E-state index contributed by atoms with van der Waals surface area (Å²) in [5.41, 5.74) is -3.15. The van der Waals surface area contributed by atoms with Gasteiger partial charge in [-0.1, -0.05) is 6.07 Å². The van der Waals surface area contributed by atoms with Crippen LogP contribution in [0.3, 0.4) is 0 Å². The van der Waals surface area contributed by atoms with E-state index in [4.69, 9.17) is 0 Å². The van der Waals surface area contributed by atoms with E-state index in [2.05, 4.69) is 10.3 Å². The summed E-state index contributed by atoms with van der Waals surface area (Å²) < 4.78 is 61.3. The van der Waals surface area contributed by atoms with Gasteiger partial charge in [-0.25, -0.2) is 18.1 Å². The maximum Gasteiger partial charge on any atom is 0.501 e. The number of aromatic nitrogens is 1. The summed E-state index contributed by atoms with van der Waals surface area (Å²) in [6.07, 6.45) is 1.59. The van der Waals surface area contributed by atoms with Gasteiger partial charge in [0.15, 0.2) is 0 Å². The van der Waals surface area contributed by atoms with E-state index >= 15 is 0 Å². The molecule has 1 fully saturated rings. The molecule has 1 aliphatic rings. The van der Waals surface area contributed by atoms with Crippen LogP contribution in [-0.4, -0.2) is 49.3 Å². The molecule has 33 heavy (non-hydrogen) atoms. The highest BCUT2D eigenvalue weighted by atomic mass is 32.2. The second kappa shape index (κ2) is 8.03. The first-order valence-electron chi connectivity index (χ1n) is 9.61. The molecule has 4 rings (SSSR count). The number of sulfone groups is 1. The highest BCUT2D eigenvalue weighted by Crippen LogP contribution is 2.32. The van der Waals surface area contributed by atoms with Crippen LogP contribution in [0, 0.1) is 0 Å². The lowest BCUT2D eigenvalue weighted by molar-refractivity contribution is -0.116. The first-order valence-corrected chi connectivity index (χ1v) is 11.1. The van der Waals surface area contributed by atoms with Crippen LogP contribution in [0.2, 0.25) is 0 Å². The molecule has 1 aromatic heterocycles. The summed E-state index contributed by atoms with van der Waals surface area (Å²) in [5.74, 6) is -0.581. The third kappa shape index (κ3) is 3.97. The maximum absolute atomic E-state index is 12.9. The number of anilines is 2. The topological polar surface area (TPSA) is 99.7 Å². The number of fused-ring (bicyclic) bond motifs is 1. The van der Waals surface area contributed by atoms with Crippen molar-refractivity contribution in [3.8, 4) is 0 Å². The Bertz CT molecular complexity index is 1360. The van der Waals surface area contributed by atoms with Crippen LogP contribution >= 0.6 is 0 Å². The molecule has 1 saturated heterocycles. The van der Waals surface area contributed by atoms with Crippen molar-refractivity contribution in [3.05, 3.63) is 60.3 Å². The smallest absolute Gasteiger partial charge is 0.388 e. The first-order chi connectivity index (χ1) is 15.5. The molecule has 3 amide bonds. The summed E-state index contributed by atoms with van der Waals surface area (Å²) in [6, 6.07) is 10.1. The van der Waals surface area contributed by atoms with Gasteiger partial charge in [-0.3, -0.25) is 9.78 Å². The number of rotatable bonds is 5. The number of carbonyl (C=O) groups excluding carboxylic acids is 2. The zero-order valence-corrected chi connectivity index (χ0v) is 17.9. The van der Waals surface area contributed by atoms with Crippen LogP contribution in [0.1, 0.15) is 5.56 Å². The van der Waals surface area contributed by atoms with Crippen LogP contribution in [0.5, 0.6) is 0 Å². The average molecular weight is 478 g/mol. The highest BCUT2D eigenvalue weighted by Gasteiger charge is 2.47. The van der Waals surface area contributed by atoms with Crippen molar-refractivity contribution >= 4 is 44.1 Å². The van der Waals surface area contributed by atoms with E-state index in [1.54, 1.807) is 19.3 Å². The Morgan fingerprint density at radius 2 is 1.76 bits per heavy atom. The fourth-order valence-electron chi connectivity index (χ4n) is 3.54. The molecular formula is C21H17F3N4O4S. The normalized spacial score (nSPS) is 14.9. The summed E-state index contributed by atoms with van der Waals surface area (Å²) in [6.45, 7) is -0.126. The number of urea groups is 1. The summed E-state index contributed by atoms with van der Waals surface area (Å²) >= 11 is 0. The molecule has 0 saturated carbocycles. The number of hydrogen-bond acceptors (Lipinski definition) is 6. The van der Waals surface area contributed by atoms with Gasteiger partial charge in [-0.2, -0.15) is 13.2 Å². The molecule has 0 bridgehead atoms. The number of hydrogen-bond donors (Lipinski definition) is 1. The molecule has 2 aromatic carbocycles. The fourth-order valence-corrected chi connectivity index (χ4v) is 4.30. The second-order valence-corrected chi connectivity index (χ2v) is 9.20. The van der Waals surface area contributed by atoms with E-state index < -0.39 is 32.2 Å². The summed E-state index contributed by atoms with van der Waals surface area (Å²) in [7, 11) is -3.75. The Morgan fingerprint density at radius 3 is 2.39 bits per heavy atom. The zero-order chi connectivity index (χ0) is 24.0. The lowest BCUT2D eigenvalue weighted by atomic mass is 10.1. The lowest BCUT2D eigenvalue weighted by Gasteiger charge is -2.18. The number of imide groups is 1. The minimum atomic E-state index is -5.53. The van der Waals surface area contributed by atoms with Gasteiger partial charge in [0.25, 0.3) is 15.7 Å². The van der Waals surface area contributed by atoms with Crippen molar-refractivity contribution in [3.63, 3.8) is 0 Å². The summed E-state index contributed by atoms with van der Waals surface area (Å²) in [4.78, 5) is 30.9. The van der Waals surface area contributed by atoms with Gasteiger partial charge in [0.2, 0.25) is 0 Å². The zero-order valence-electron chi connectivity index (χ0n) is 17.1. The molecule has 1 aliphatic heterocycles. The molecule has 0 unspecified atom stereocenters. The minimum Gasteiger partial charge on any atom is -0.388 e. The van der Waals surface area contributed by atoms with Gasteiger partial charge in [-0.05, 0) is 48.0 Å². The number of halogens is 3. The quantitative estimate of drug-likeness (QED) is 0.563. The van der Waals surface area contributed by atoms with Crippen LogP contribution in [0.15, 0.2) is 59.6 Å². The molecule has 12 heteroatoms. The molecule has 2 heterocycles. The molecule has 0 spiro atoms. The SMILES string of the molecule is CNc1ccc2c(CN3CC(=O)N(c4ccc(S(=O)(=O)C(F)(F)F)cc4)C3=O)ccnc2c1. The number of nitrogens with one attached hydrogen (secondary N) is 1. The van der Waals surface area contributed by atoms with E-state index in [1.165, 1.54) is 4.90 Å². The monoisotopic (exact) mass is 478 g/mol. The number of benzene rings is 2. The molecule has 3 aromatic rings. The van der Waals surface area contributed by atoms with Crippen LogP contribution in [-0.2, 0) is 21.2 Å². The highest BCUT2D eigenvalue weighted by molar-refractivity contribution is 7.92. The van der Waals surface area contributed by atoms with E-state index in [-0.39, 0.29) is 18.8 Å². The Kier molecular flexibility index (Phi) is 5.48. The van der Waals surface area contributed by atoms with Crippen LogP contribution < -0.4 is 10.2 Å². The number of carbonyl (C=O) groups is 2. The van der Waals surface area contributed by atoms with E-state index in [1.807, 2.05) is 18.2 Å². The predicted octanol–water partition coefficient (Wildman–Crippen LogP) is 3.54. The van der Waals surface area contributed by atoms with Crippen molar-refractivity contribution in [2.24, 2.45) is 0 Å². The number of pyridine rings is 1. The van der Waals surface area contributed by atoms with Crippen molar-refractivity contribution < 1.29 is 31.2 Å². The summed E-state index contributed by atoms with van der Waals surface area (Å²) in [5, 5.41) is 3.82. The average Bonchev–Trinajstić information content (AvgIpc) is 3.05. The molecule has 1 N–H and O–H groups in total. The predicted molar refractivity (Wildman–Crippen MR) is 114 cm³/mol. The van der Waals surface area contributed by atoms with E-state index in [0.29, 0.717) is 5.52 Å². The molecule has 0 radical (unpaired) electrons. The maximum atomic E-state index is 12.9. The van der Waals surface area contributed by atoms with Gasteiger partial charge >= 0.3 is 11.5 Å². The van der Waals surface area contributed by atoms with Crippen molar-refractivity contribution in [1.29, 1.82) is 0 Å².